The molecule has 1 unspecified atom stereocenters. The van der Waals surface area contributed by atoms with Crippen LogP contribution in [0.25, 0.3) is 0 Å². The number of nitrogens with zero attached hydrogens (tertiary/aromatic N) is 1. The molecule has 1 fully saturated rings. The van der Waals surface area contributed by atoms with Crippen molar-refractivity contribution < 1.29 is 0 Å². The van der Waals surface area contributed by atoms with Gasteiger partial charge < -0.3 is 11.5 Å². The molecular weight excluding hydrogens is 162 g/mol. The molecule has 1 heterocycles. The van der Waals surface area contributed by atoms with Crippen LogP contribution in [0.15, 0.2) is 18.3 Å². The van der Waals surface area contributed by atoms with Crippen LogP contribution >= 0.6 is 0 Å². The lowest BCUT2D eigenvalue weighted by molar-refractivity contribution is 0.592. The fourth-order valence-corrected chi connectivity index (χ4v) is 1.57. The van der Waals surface area contributed by atoms with Crippen molar-refractivity contribution in [3.05, 3.63) is 23.9 Å². The SMILES string of the molecule is Nc1ncccc1CC(N)C1CC1. The molecular formula is C10H15N3. The van der Waals surface area contributed by atoms with E-state index in [9.17, 15) is 0 Å². The topological polar surface area (TPSA) is 64.9 Å². The minimum Gasteiger partial charge on any atom is -0.383 e. The molecule has 70 valence electrons. The normalized spacial score (nSPS) is 18.5. The second-order valence-corrected chi connectivity index (χ2v) is 3.75. The summed E-state index contributed by atoms with van der Waals surface area (Å²) < 4.78 is 0. The van der Waals surface area contributed by atoms with Gasteiger partial charge in [0.05, 0.1) is 0 Å². The van der Waals surface area contributed by atoms with Crippen LogP contribution in [-0.2, 0) is 6.42 Å². The van der Waals surface area contributed by atoms with Gasteiger partial charge in [-0.1, -0.05) is 6.07 Å². The molecule has 0 aliphatic heterocycles. The van der Waals surface area contributed by atoms with E-state index in [4.69, 9.17) is 11.5 Å². The van der Waals surface area contributed by atoms with Gasteiger partial charge in [-0.25, -0.2) is 4.98 Å². The molecule has 3 heteroatoms. The predicted molar refractivity (Wildman–Crippen MR) is 53.1 cm³/mol. The Morgan fingerprint density at radius 3 is 2.92 bits per heavy atom. The van der Waals surface area contributed by atoms with Crippen molar-refractivity contribution in [1.29, 1.82) is 0 Å². The average molecular weight is 177 g/mol. The zero-order valence-corrected chi connectivity index (χ0v) is 7.61. The summed E-state index contributed by atoms with van der Waals surface area (Å²) in [4.78, 5) is 4.03. The molecule has 1 saturated carbocycles. The lowest BCUT2D eigenvalue weighted by Crippen LogP contribution is -2.25. The third-order valence-electron chi connectivity index (χ3n) is 2.61. The summed E-state index contributed by atoms with van der Waals surface area (Å²) in [6.45, 7) is 0. The molecule has 1 aliphatic rings. The van der Waals surface area contributed by atoms with Crippen LogP contribution in [0.2, 0.25) is 0 Å². The van der Waals surface area contributed by atoms with Gasteiger partial charge in [-0.2, -0.15) is 0 Å². The van der Waals surface area contributed by atoms with E-state index in [1.54, 1.807) is 6.20 Å². The van der Waals surface area contributed by atoms with E-state index in [0.717, 1.165) is 17.9 Å². The zero-order chi connectivity index (χ0) is 9.26. The number of nitrogens with two attached hydrogens (primary N) is 2. The number of pyridine rings is 1. The van der Waals surface area contributed by atoms with E-state index in [-0.39, 0.29) is 6.04 Å². The Morgan fingerprint density at radius 1 is 1.54 bits per heavy atom. The number of nitrogen functional groups attached to an aromatic ring is 1. The minimum atomic E-state index is 0.270. The van der Waals surface area contributed by atoms with Crippen molar-refractivity contribution >= 4 is 5.82 Å². The highest BCUT2D eigenvalue weighted by Gasteiger charge is 2.28. The molecule has 0 saturated heterocycles. The quantitative estimate of drug-likeness (QED) is 0.722. The van der Waals surface area contributed by atoms with Crippen molar-refractivity contribution in [1.82, 2.24) is 4.98 Å². The molecule has 1 aliphatic carbocycles. The highest BCUT2D eigenvalue weighted by Crippen LogP contribution is 2.33. The van der Waals surface area contributed by atoms with Crippen LogP contribution in [0.5, 0.6) is 0 Å². The number of hydrogen-bond donors (Lipinski definition) is 2. The van der Waals surface area contributed by atoms with Crippen LogP contribution in [-0.4, -0.2) is 11.0 Å². The Labute approximate surface area is 78.1 Å². The zero-order valence-electron chi connectivity index (χ0n) is 7.61. The largest absolute Gasteiger partial charge is 0.383 e. The molecule has 1 aromatic rings. The van der Waals surface area contributed by atoms with Crippen molar-refractivity contribution in [2.75, 3.05) is 5.73 Å². The lowest BCUT2D eigenvalue weighted by Gasteiger charge is -2.10. The molecule has 13 heavy (non-hydrogen) atoms. The van der Waals surface area contributed by atoms with Crippen molar-refractivity contribution in [3.8, 4) is 0 Å². The van der Waals surface area contributed by atoms with Gasteiger partial charge in [0.2, 0.25) is 0 Å². The van der Waals surface area contributed by atoms with Gasteiger partial charge >= 0.3 is 0 Å². The fourth-order valence-electron chi connectivity index (χ4n) is 1.57. The maximum absolute atomic E-state index is 6.00. The van der Waals surface area contributed by atoms with Gasteiger partial charge in [0, 0.05) is 12.2 Å². The average Bonchev–Trinajstić information content (AvgIpc) is 2.91. The standard InChI is InChI=1S/C10H15N3/c11-9(7-3-4-7)6-8-2-1-5-13-10(8)12/h1-2,5,7,9H,3-4,6,11H2,(H2,12,13). The Balaban J connectivity index is 2.03. The van der Waals surface area contributed by atoms with E-state index in [1.807, 2.05) is 12.1 Å². The number of hydrogen-bond acceptors (Lipinski definition) is 3. The van der Waals surface area contributed by atoms with Gasteiger partial charge in [-0.05, 0) is 36.8 Å². The highest BCUT2D eigenvalue weighted by atomic mass is 14.8. The van der Waals surface area contributed by atoms with Gasteiger partial charge in [0.1, 0.15) is 5.82 Å². The van der Waals surface area contributed by atoms with Gasteiger partial charge in [-0.3, -0.25) is 0 Å². The first-order valence-corrected chi connectivity index (χ1v) is 4.72. The molecule has 0 aromatic carbocycles. The van der Waals surface area contributed by atoms with E-state index < -0.39 is 0 Å². The third-order valence-corrected chi connectivity index (χ3v) is 2.61. The van der Waals surface area contributed by atoms with Crippen molar-refractivity contribution in [3.63, 3.8) is 0 Å². The van der Waals surface area contributed by atoms with Gasteiger partial charge in [-0.15, -0.1) is 0 Å². The second kappa shape index (κ2) is 3.34. The summed E-state index contributed by atoms with van der Waals surface area (Å²) in [7, 11) is 0. The monoisotopic (exact) mass is 177 g/mol. The molecule has 0 spiro atoms. The van der Waals surface area contributed by atoms with Crippen LogP contribution in [0.1, 0.15) is 18.4 Å². The lowest BCUT2D eigenvalue weighted by atomic mass is 10.0. The van der Waals surface area contributed by atoms with Crippen molar-refractivity contribution in [2.24, 2.45) is 11.7 Å². The highest BCUT2D eigenvalue weighted by molar-refractivity contribution is 5.39. The van der Waals surface area contributed by atoms with Crippen LogP contribution in [0.4, 0.5) is 5.82 Å². The first kappa shape index (κ1) is 8.51. The smallest absolute Gasteiger partial charge is 0.126 e. The summed E-state index contributed by atoms with van der Waals surface area (Å²) in [5, 5.41) is 0. The summed E-state index contributed by atoms with van der Waals surface area (Å²) >= 11 is 0. The van der Waals surface area contributed by atoms with E-state index >= 15 is 0 Å². The third kappa shape index (κ3) is 1.98. The maximum Gasteiger partial charge on any atom is 0.126 e. The number of rotatable bonds is 3. The molecule has 0 amide bonds. The summed E-state index contributed by atoms with van der Waals surface area (Å²) in [5.74, 6) is 1.35. The Morgan fingerprint density at radius 2 is 2.31 bits per heavy atom. The summed E-state index contributed by atoms with van der Waals surface area (Å²) in [5.41, 5.74) is 12.8. The molecule has 3 nitrogen and oxygen atoms in total. The molecule has 2 rings (SSSR count). The van der Waals surface area contributed by atoms with Crippen LogP contribution in [0, 0.1) is 5.92 Å². The first-order valence-electron chi connectivity index (χ1n) is 4.72. The number of aromatic nitrogens is 1. The summed E-state index contributed by atoms with van der Waals surface area (Å²) in [6, 6.07) is 4.18. The first-order chi connectivity index (χ1) is 6.27. The Hall–Kier alpha value is -1.09. The fraction of sp³-hybridized carbons (Fsp3) is 0.500. The second-order valence-electron chi connectivity index (χ2n) is 3.75. The minimum absolute atomic E-state index is 0.270. The van der Waals surface area contributed by atoms with Crippen LogP contribution < -0.4 is 11.5 Å². The molecule has 1 aromatic heterocycles. The molecule has 4 N–H and O–H groups in total. The predicted octanol–water partition coefficient (Wildman–Crippen LogP) is 0.944. The van der Waals surface area contributed by atoms with E-state index in [2.05, 4.69) is 4.98 Å². The maximum atomic E-state index is 6.00. The van der Waals surface area contributed by atoms with Gasteiger partial charge in [0.25, 0.3) is 0 Å². The summed E-state index contributed by atoms with van der Waals surface area (Å²) in [6.07, 6.45) is 5.13. The number of anilines is 1. The van der Waals surface area contributed by atoms with E-state index in [1.165, 1.54) is 12.8 Å². The Kier molecular flexibility index (Phi) is 2.19. The molecule has 0 bridgehead atoms. The van der Waals surface area contributed by atoms with Gasteiger partial charge in [0.15, 0.2) is 0 Å². The van der Waals surface area contributed by atoms with Crippen molar-refractivity contribution in [2.45, 2.75) is 25.3 Å². The Bertz CT molecular complexity index is 294. The van der Waals surface area contributed by atoms with Crippen LogP contribution in [0.3, 0.4) is 0 Å². The molecule has 1 atom stereocenters. The van der Waals surface area contributed by atoms with E-state index in [0.29, 0.717) is 5.82 Å². The molecule has 0 radical (unpaired) electrons.